The Kier molecular flexibility index (Phi) is 6.44. The van der Waals surface area contributed by atoms with Crippen molar-refractivity contribution >= 4 is 21.8 Å². The van der Waals surface area contributed by atoms with Crippen LogP contribution in [-0.2, 0) is 5.41 Å². The second kappa shape index (κ2) is 8.34. The molecule has 4 heteroatoms. The summed E-state index contributed by atoms with van der Waals surface area (Å²) in [7, 11) is 1.58. The van der Waals surface area contributed by atoms with Crippen LogP contribution < -0.4 is 10.1 Å². The van der Waals surface area contributed by atoms with Gasteiger partial charge in [0.1, 0.15) is 5.75 Å². The molecular formula is C20H24BrNO2. The number of nitrogens with one attached hydrogen (secondary N) is 1. The third kappa shape index (κ3) is 3.99. The number of hydrogen-bond acceptors (Lipinski definition) is 2. The van der Waals surface area contributed by atoms with E-state index >= 15 is 0 Å². The number of hydrogen-bond donors (Lipinski definition) is 1. The van der Waals surface area contributed by atoms with Crippen molar-refractivity contribution in [2.24, 2.45) is 0 Å². The molecule has 0 bridgehead atoms. The van der Waals surface area contributed by atoms with Gasteiger partial charge in [0.15, 0.2) is 0 Å². The van der Waals surface area contributed by atoms with E-state index in [4.69, 9.17) is 4.74 Å². The van der Waals surface area contributed by atoms with E-state index in [1.165, 1.54) is 5.56 Å². The molecule has 2 aromatic carbocycles. The zero-order chi connectivity index (χ0) is 17.6. The van der Waals surface area contributed by atoms with Crippen LogP contribution in [0.3, 0.4) is 0 Å². The van der Waals surface area contributed by atoms with Gasteiger partial charge < -0.3 is 10.1 Å². The molecule has 0 fully saturated rings. The lowest BCUT2D eigenvalue weighted by molar-refractivity contribution is 0.0938. The summed E-state index contributed by atoms with van der Waals surface area (Å²) in [4.78, 5) is 12.6. The van der Waals surface area contributed by atoms with Crippen LogP contribution in [0.15, 0.2) is 53.0 Å². The highest BCUT2D eigenvalue weighted by Gasteiger charge is 2.29. The maximum atomic E-state index is 12.6. The fraction of sp³-hybridized carbons (Fsp3) is 0.350. The number of benzene rings is 2. The Bertz CT molecular complexity index is 678. The molecule has 0 saturated heterocycles. The van der Waals surface area contributed by atoms with Gasteiger partial charge in [-0.05, 0) is 42.7 Å². The molecule has 2 rings (SSSR count). The van der Waals surface area contributed by atoms with Crippen molar-refractivity contribution in [2.45, 2.75) is 32.1 Å². The molecule has 1 amide bonds. The number of methoxy groups -OCH3 is 1. The minimum atomic E-state index is -0.101. The zero-order valence-electron chi connectivity index (χ0n) is 14.4. The maximum Gasteiger partial charge on any atom is 0.255 e. The van der Waals surface area contributed by atoms with Crippen LogP contribution in [0.1, 0.15) is 42.6 Å². The van der Waals surface area contributed by atoms with E-state index in [0.29, 0.717) is 17.9 Å². The molecule has 0 aliphatic carbocycles. The minimum Gasteiger partial charge on any atom is -0.496 e. The normalized spacial score (nSPS) is 11.2. The summed E-state index contributed by atoms with van der Waals surface area (Å²) in [6, 6.07) is 15.7. The van der Waals surface area contributed by atoms with Crippen LogP contribution in [-0.4, -0.2) is 19.6 Å². The molecule has 0 spiro atoms. The highest BCUT2D eigenvalue weighted by molar-refractivity contribution is 9.10. The van der Waals surface area contributed by atoms with Gasteiger partial charge in [0.05, 0.1) is 12.7 Å². The molecular weight excluding hydrogens is 366 g/mol. The van der Waals surface area contributed by atoms with Gasteiger partial charge >= 0.3 is 0 Å². The summed E-state index contributed by atoms with van der Waals surface area (Å²) in [5.41, 5.74) is 1.74. The van der Waals surface area contributed by atoms with Crippen molar-refractivity contribution in [3.8, 4) is 5.75 Å². The molecule has 0 heterocycles. The van der Waals surface area contributed by atoms with Crippen LogP contribution in [0, 0.1) is 0 Å². The summed E-state index contributed by atoms with van der Waals surface area (Å²) >= 11 is 3.48. The Morgan fingerprint density at radius 1 is 1.08 bits per heavy atom. The molecule has 0 atom stereocenters. The Hall–Kier alpha value is -1.81. The van der Waals surface area contributed by atoms with Crippen LogP contribution in [0.5, 0.6) is 5.75 Å². The molecule has 0 unspecified atom stereocenters. The number of rotatable bonds is 7. The van der Waals surface area contributed by atoms with Crippen molar-refractivity contribution in [2.75, 3.05) is 13.7 Å². The summed E-state index contributed by atoms with van der Waals surface area (Å²) in [6.07, 6.45) is 1.91. The second-order valence-corrected chi connectivity index (χ2v) is 6.79. The first kappa shape index (κ1) is 18.5. The lowest BCUT2D eigenvalue weighted by Crippen LogP contribution is -2.40. The predicted molar refractivity (Wildman–Crippen MR) is 102 cm³/mol. The third-order valence-corrected chi connectivity index (χ3v) is 5.28. The number of halogens is 1. The van der Waals surface area contributed by atoms with E-state index < -0.39 is 0 Å². The average Bonchev–Trinajstić information content (AvgIpc) is 2.63. The number of carbonyl (C=O) groups excluding carboxylic acids is 1. The third-order valence-electron chi connectivity index (χ3n) is 4.75. The van der Waals surface area contributed by atoms with Gasteiger partial charge in [-0.3, -0.25) is 4.79 Å². The van der Waals surface area contributed by atoms with E-state index in [9.17, 15) is 4.79 Å². The smallest absolute Gasteiger partial charge is 0.255 e. The standard InChI is InChI=1S/C20H24BrNO2/c1-4-20(5-2,15-10-12-16(21)13-11-15)14-22-19(23)17-8-6-7-9-18(17)24-3/h6-13H,4-5,14H2,1-3H3,(H,22,23). The topological polar surface area (TPSA) is 38.3 Å². The first-order chi connectivity index (χ1) is 11.6. The minimum absolute atomic E-state index is 0.0711. The Balaban J connectivity index is 2.19. The predicted octanol–water partition coefficient (Wildman–Crippen LogP) is 4.95. The van der Waals surface area contributed by atoms with Crippen molar-refractivity contribution in [3.63, 3.8) is 0 Å². The quantitative estimate of drug-likeness (QED) is 0.727. The second-order valence-electron chi connectivity index (χ2n) is 5.88. The lowest BCUT2D eigenvalue weighted by Gasteiger charge is -2.33. The first-order valence-electron chi connectivity index (χ1n) is 8.23. The molecule has 0 aliphatic heterocycles. The fourth-order valence-electron chi connectivity index (χ4n) is 2.99. The summed E-state index contributed by atoms with van der Waals surface area (Å²) < 4.78 is 6.34. The first-order valence-corrected chi connectivity index (χ1v) is 9.03. The summed E-state index contributed by atoms with van der Waals surface area (Å²) in [6.45, 7) is 4.93. The number of para-hydroxylation sites is 1. The van der Waals surface area contributed by atoms with Crippen LogP contribution in [0.4, 0.5) is 0 Å². The molecule has 0 radical (unpaired) electrons. The summed E-state index contributed by atoms with van der Waals surface area (Å²) in [5.74, 6) is 0.494. The van der Waals surface area contributed by atoms with Crippen molar-refractivity contribution < 1.29 is 9.53 Å². The van der Waals surface area contributed by atoms with Gasteiger partial charge in [-0.2, -0.15) is 0 Å². The lowest BCUT2D eigenvalue weighted by atomic mass is 9.76. The number of amides is 1. The molecule has 0 saturated carbocycles. The van der Waals surface area contributed by atoms with Gasteiger partial charge in [0, 0.05) is 16.4 Å². The van der Waals surface area contributed by atoms with Gasteiger partial charge in [0.25, 0.3) is 5.91 Å². The maximum absolute atomic E-state index is 12.6. The molecule has 0 aliphatic rings. The van der Waals surface area contributed by atoms with E-state index in [2.05, 4.69) is 59.4 Å². The molecule has 0 aromatic heterocycles. The fourth-order valence-corrected chi connectivity index (χ4v) is 3.26. The van der Waals surface area contributed by atoms with Gasteiger partial charge in [0.2, 0.25) is 0 Å². The van der Waals surface area contributed by atoms with E-state index in [1.54, 1.807) is 19.2 Å². The molecule has 2 aromatic rings. The van der Waals surface area contributed by atoms with Crippen molar-refractivity contribution in [1.82, 2.24) is 5.32 Å². The molecule has 24 heavy (non-hydrogen) atoms. The van der Waals surface area contributed by atoms with E-state index in [1.807, 2.05) is 12.1 Å². The Morgan fingerprint density at radius 3 is 2.29 bits per heavy atom. The van der Waals surface area contributed by atoms with Gasteiger partial charge in [-0.1, -0.05) is 54.0 Å². The van der Waals surface area contributed by atoms with Crippen molar-refractivity contribution in [1.29, 1.82) is 0 Å². The van der Waals surface area contributed by atoms with Crippen LogP contribution in [0.2, 0.25) is 0 Å². The van der Waals surface area contributed by atoms with E-state index in [-0.39, 0.29) is 11.3 Å². The zero-order valence-corrected chi connectivity index (χ0v) is 16.0. The van der Waals surface area contributed by atoms with E-state index in [0.717, 1.165) is 17.3 Å². The Morgan fingerprint density at radius 2 is 1.71 bits per heavy atom. The molecule has 1 N–H and O–H groups in total. The Labute approximate surface area is 152 Å². The number of ether oxygens (including phenoxy) is 1. The number of carbonyl (C=O) groups is 1. The van der Waals surface area contributed by atoms with Crippen LogP contribution in [0.25, 0.3) is 0 Å². The highest BCUT2D eigenvalue weighted by atomic mass is 79.9. The monoisotopic (exact) mass is 389 g/mol. The van der Waals surface area contributed by atoms with Crippen molar-refractivity contribution in [3.05, 3.63) is 64.1 Å². The largest absolute Gasteiger partial charge is 0.496 e. The molecule has 128 valence electrons. The average molecular weight is 390 g/mol. The van der Waals surface area contributed by atoms with Gasteiger partial charge in [-0.15, -0.1) is 0 Å². The molecule has 3 nitrogen and oxygen atoms in total. The highest BCUT2D eigenvalue weighted by Crippen LogP contribution is 2.32. The summed E-state index contributed by atoms with van der Waals surface area (Å²) in [5, 5.41) is 3.10. The van der Waals surface area contributed by atoms with Gasteiger partial charge in [-0.25, -0.2) is 0 Å². The van der Waals surface area contributed by atoms with Crippen LogP contribution >= 0.6 is 15.9 Å². The SMILES string of the molecule is CCC(CC)(CNC(=O)c1ccccc1OC)c1ccc(Br)cc1.